The van der Waals surface area contributed by atoms with Crippen LogP contribution < -0.4 is 4.90 Å². The van der Waals surface area contributed by atoms with Crippen molar-refractivity contribution in [1.29, 1.82) is 0 Å². The first kappa shape index (κ1) is 15.5. The Hall–Kier alpha value is -1.88. The van der Waals surface area contributed by atoms with E-state index in [1.807, 2.05) is 37.4 Å². The molecular formula is C16H20N2O2S. The molecule has 5 heteroatoms. The van der Waals surface area contributed by atoms with Crippen LogP contribution in [0.5, 0.6) is 0 Å². The van der Waals surface area contributed by atoms with Gasteiger partial charge in [-0.1, -0.05) is 13.0 Å². The third kappa shape index (κ3) is 3.42. The molecule has 21 heavy (non-hydrogen) atoms. The van der Waals surface area contributed by atoms with Crippen molar-refractivity contribution in [3.8, 4) is 0 Å². The fourth-order valence-corrected chi connectivity index (χ4v) is 2.98. The van der Waals surface area contributed by atoms with Gasteiger partial charge in [-0.25, -0.2) is 8.42 Å². The Kier molecular flexibility index (Phi) is 4.63. The molecule has 0 radical (unpaired) electrons. The standard InChI is InChI=1S/C16H20N2O2S/c1-4-21(19,20)15-10-8-14(9-11-15)18(3)13(2)16-7-5-6-12-17-16/h5-13H,4H2,1-3H3/t13-/m1/s1. The van der Waals surface area contributed by atoms with Crippen LogP contribution in [-0.2, 0) is 9.84 Å². The molecule has 1 aromatic heterocycles. The molecule has 1 aromatic carbocycles. The van der Waals surface area contributed by atoms with E-state index < -0.39 is 9.84 Å². The molecule has 0 amide bonds. The summed E-state index contributed by atoms with van der Waals surface area (Å²) in [6.07, 6.45) is 1.77. The average Bonchev–Trinajstić information content (AvgIpc) is 2.54. The fraction of sp³-hybridized carbons (Fsp3) is 0.312. The van der Waals surface area contributed by atoms with Crippen LogP contribution in [0.2, 0.25) is 0 Å². The Labute approximate surface area is 126 Å². The molecular weight excluding hydrogens is 284 g/mol. The van der Waals surface area contributed by atoms with E-state index in [2.05, 4.69) is 16.8 Å². The zero-order valence-electron chi connectivity index (χ0n) is 12.5. The highest BCUT2D eigenvalue weighted by Gasteiger charge is 2.15. The Bertz CT molecular complexity index is 682. The van der Waals surface area contributed by atoms with Crippen molar-refractivity contribution in [2.75, 3.05) is 17.7 Å². The maximum Gasteiger partial charge on any atom is 0.178 e. The lowest BCUT2D eigenvalue weighted by atomic mass is 10.1. The van der Waals surface area contributed by atoms with Crippen molar-refractivity contribution in [2.24, 2.45) is 0 Å². The number of hydrogen-bond donors (Lipinski definition) is 0. The van der Waals surface area contributed by atoms with E-state index in [1.54, 1.807) is 25.3 Å². The minimum Gasteiger partial charge on any atom is -0.366 e. The minimum absolute atomic E-state index is 0.111. The maximum atomic E-state index is 11.8. The number of nitrogens with zero attached hydrogens (tertiary/aromatic N) is 2. The lowest BCUT2D eigenvalue weighted by Crippen LogP contribution is -2.22. The van der Waals surface area contributed by atoms with Crippen LogP contribution in [0.4, 0.5) is 5.69 Å². The SMILES string of the molecule is CCS(=O)(=O)c1ccc(N(C)[C@H](C)c2ccccn2)cc1. The smallest absolute Gasteiger partial charge is 0.178 e. The highest BCUT2D eigenvalue weighted by atomic mass is 32.2. The molecule has 0 saturated carbocycles. The van der Waals surface area contributed by atoms with Gasteiger partial charge in [0.05, 0.1) is 22.4 Å². The van der Waals surface area contributed by atoms with Crippen LogP contribution in [-0.4, -0.2) is 26.2 Å². The summed E-state index contributed by atoms with van der Waals surface area (Å²) in [6.45, 7) is 3.72. The number of anilines is 1. The molecule has 0 N–H and O–H groups in total. The average molecular weight is 304 g/mol. The van der Waals surface area contributed by atoms with E-state index in [1.165, 1.54) is 0 Å². The Balaban J connectivity index is 2.23. The molecule has 0 aliphatic carbocycles. The number of hydrogen-bond acceptors (Lipinski definition) is 4. The molecule has 0 spiro atoms. The van der Waals surface area contributed by atoms with Gasteiger partial charge in [0.15, 0.2) is 9.84 Å². The van der Waals surface area contributed by atoms with E-state index in [4.69, 9.17) is 0 Å². The number of rotatable bonds is 5. The van der Waals surface area contributed by atoms with Gasteiger partial charge in [-0.3, -0.25) is 4.98 Å². The van der Waals surface area contributed by atoms with Gasteiger partial charge in [-0.15, -0.1) is 0 Å². The number of sulfone groups is 1. The highest BCUT2D eigenvalue weighted by molar-refractivity contribution is 7.91. The molecule has 1 atom stereocenters. The lowest BCUT2D eigenvalue weighted by molar-refractivity contribution is 0.597. The van der Waals surface area contributed by atoms with Crippen LogP contribution >= 0.6 is 0 Å². The van der Waals surface area contributed by atoms with Gasteiger partial charge in [-0.2, -0.15) is 0 Å². The van der Waals surface area contributed by atoms with Crippen molar-refractivity contribution >= 4 is 15.5 Å². The molecule has 0 aliphatic rings. The Morgan fingerprint density at radius 2 is 1.81 bits per heavy atom. The third-order valence-electron chi connectivity index (χ3n) is 3.68. The van der Waals surface area contributed by atoms with Gasteiger partial charge < -0.3 is 4.90 Å². The third-order valence-corrected chi connectivity index (χ3v) is 5.43. The van der Waals surface area contributed by atoms with Crippen molar-refractivity contribution in [3.05, 3.63) is 54.4 Å². The molecule has 0 unspecified atom stereocenters. The normalized spacial score (nSPS) is 12.9. The summed E-state index contributed by atoms with van der Waals surface area (Å²) in [5.41, 5.74) is 1.94. The monoisotopic (exact) mass is 304 g/mol. The fourth-order valence-electron chi connectivity index (χ4n) is 2.10. The first-order chi connectivity index (χ1) is 9.95. The molecule has 4 nitrogen and oxygen atoms in total. The van der Waals surface area contributed by atoms with E-state index in [-0.39, 0.29) is 11.8 Å². The topological polar surface area (TPSA) is 50.3 Å². The first-order valence-corrected chi connectivity index (χ1v) is 8.57. The van der Waals surface area contributed by atoms with E-state index in [0.29, 0.717) is 4.90 Å². The van der Waals surface area contributed by atoms with Gasteiger partial charge in [-0.05, 0) is 43.3 Å². The summed E-state index contributed by atoms with van der Waals surface area (Å²) < 4.78 is 23.6. The van der Waals surface area contributed by atoms with Crippen LogP contribution in [0.25, 0.3) is 0 Å². The van der Waals surface area contributed by atoms with Crippen molar-refractivity contribution in [1.82, 2.24) is 4.98 Å². The van der Waals surface area contributed by atoms with Gasteiger partial charge in [0, 0.05) is 18.9 Å². The second kappa shape index (κ2) is 6.26. The highest BCUT2D eigenvalue weighted by Crippen LogP contribution is 2.25. The summed E-state index contributed by atoms with van der Waals surface area (Å²) in [5.74, 6) is 0.118. The quantitative estimate of drug-likeness (QED) is 0.852. The van der Waals surface area contributed by atoms with Crippen molar-refractivity contribution < 1.29 is 8.42 Å². The van der Waals surface area contributed by atoms with E-state index in [9.17, 15) is 8.42 Å². The van der Waals surface area contributed by atoms with Gasteiger partial charge in [0.2, 0.25) is 0 Å². The van der Waals surface area contributed by atoms with Gasteiger partial charge >= 0.3 is 0 Å². The number of pyridine rings is 1. The maximum absolute atomic E-state index is 11.8. The minimum atomic E-state index is -3.14. The van der Waals surface area contributed by atoms with Crippen LogP contribution in [0.15, 0.2) is 53.6 Å². The Morgan fingerprint density at radius 1 is 1.14 bits per heavy atom. The molecule has 0 fully saturated rings. The van der Waals surface area contributed by atoms with Gasteiger partial charge in [0.25, 0.3) is 0 Å². The second-order valence-electron chi connectivity index (χ2n) is 4.94. The first-order valence-electron chi connectivity index (χ1n) is 6.92. The summed E-state index contributed by atoms with van der Waals surface area (Å²) in [5, 5.41) is 0. The largest absolute Gasteiger partial charge is 0.366 e. The van der Waals surface area contributed by atoms with Crippen LogP contribution in [0, 0.1) is 0 Å². The number of benzene rings is 1. The Morgan fingerprint density at radius 3 is 2.33 bits per heavy atom. The van der Waals surface area contributed by atoms with Crippen LogP contribution in [0.1, 0.15) is 25.6 Å². The predicted octanol–water partition coefficient (Wildman–Crippen LogP) is 3.07. The van der Waals surface area contributed by atoms with Crippen molar-refractivity contribution in [3.63, 3.8) is 0 Å². The lowest BCUT2D eigenvalue weighted by Gasteiger charge is -2.26. The summed E-state index contributed by atoms with van der Waals surface area (Å²) in [4.78, 5) is 6.80. The van der Waals surface area contributed by atoms with E-state index in [0.717, 1.165) is 11.4 Å². The molecule has 1 heterocycles. The molecule has 2 aromatic rings. The molecule has 0 aliphatic heterocycles. The zero-order chi connectivity index (χ0) is 15.5. The molecule has 0 bridgehead atoms. The van der Waals surface area contributed by atoms with Crippen molar-refractivity contribution in [2.45, 2.75) is 24.8 Å². The van der Waals surface area contributed by atoms with Gasteiger partial charge in [0.1, 0.15) is 0 Å². The summed E-state index contributed by atoms with van der Waals surface area (Å²) in [6, 6.07) is 12.9. The van der Waals surface area contributed by atoms with Crippen LogP contribution in [0.3, 0.4) is 0 Å². The zero-order valence-corrected chi connectivity index (χ0v) is 13.3. The van der Waals surface area contributed by atoms with E-state index >= 15 is 0 Å². The molecule has 2 rings (SSSR count). The summed E-state index contributed by atoms with van der Waals surface area (Å²) in [7, 11) is -1.17. The molecule has 0 saturated heterocycles. The number of aromatic nitrogens is 1. The second-order valence-corrected chi connectivity index (χ2v) is 7.22. The summed E-state index contributed by atoms with van der Waals surface area (Å²) >= 11 is 0. The predicted molar refractivity (Wildman–Crippen MR) is 85.2 cm³/mol. The molecule has 112 valence electrons.